The molecule has 2 aliphatic rings. The molecule has 2 aliphatic heterocycles. The first-order chi connectivity index (χ1) is 12.3. The van der Waals surface area contributed by atoms with E-state index in [4.69, 9.17) is 0 Å². The lowest BCUT2D eigenvalue weighted by atomic mass is 9.92. The van der Waals surface area contributed by atoms with Gasteiger partial charge in [-0.05, 0) is 37.5 Å². The van der Waals surface area contributed by atoms with Gasteiger partial charge in [0.2, 0.25) is 11.8 Å². The second-order valence-corrected chi connectivity index (χ2v) is 6.51. The Balaban J connectivity index is 1.69. The molecule has 8 nitrogen and oxygen atoms in total. The van der Waals surface area contributed by atoms with Gasteiger partial charge in [-0.3, -0.25) is 19.3 Å². The molecule has 138 valence electrons. The third-order valence-corrected chi connectivity index (χ3v) is 4.62. The molecule has 0 spiro atoms. The van der Waals surface area contributed by atoms with Crippen LogP contribution < -0.4 is 16.0 Å². The van der Waals surface area contributed by atoms with E-state index in [1.54, 1.807) is 0 Å². The van der Waals surface area contributed by atoms with E-state index in [9.17, 15) is 23.6 Å². The largest absolute Gasteiger partial charge is 0.354 e. The van der Waals surface area contributed by atoms with Gasteiger partial charge in [0.05, 0.1) is 0 Å². The Morgan fingerprint density at radius 2 is 2.00 bits per heavy atom. The molecule has 0 radical (unpaired) electrons. The van der Waals surface area contributed by atoms with Crippen molar-refractivity contribution >= 4 is 23.8 Å². The fraction of sp³-hybridized carbons (Fsp3) is 0.412. The van der Waals surface area contributed by atoms with Crippen molar-refractivity contribution in [3.63, 3.8) is 0 Å². The minimum absolute atomic E-state index is 0.280. The van der Waals surface area contributed by atoms with Crippen molar-refractivity contribution in [2.75, 3.05) is 13.1 Å². The number of benzene rings is 1. The summed E-state index contributed by atoms with van der Waals surface area (Å²) in [7, 11) is 0. The highest BCUT2D eigenvalue weighted by molar-refractivity contribution is 6.09. The van der Waals surface area contributed by atoms with E-state index in [1.807, 2.05) is 0 Å². The number of urea groups is 1. The minimum Gasteiger partial charge on any atom is -0.354 e. The highest BCUT2D eigenvalue weighted by atomic mass is 19.1. The molecular weight excluding hydrogens is 343 g/mol. The van der Waals surface area contributed by atoms with Gasteiger partial charge < -0.3 is 16.0 Å². The van der Waals surface area contributed by atoms with Gasteiger partial charge in [-0.25, -0.2) is 9.18 Å². The van der Waals surface area contributed by atoms with Crippen molar-refractivity contribution in [3.8, 4) is 0 Å². The van der Waals surface area contributed by atoms with Crippen LogP contribution in [0.5, 0.6) is 0 Å². The third-order valence-electron chi connectivity index (χ3n) is 4.62. The Kier molecular flexibility index (Phi) is 4.62. The van der Waals surface area contributed by atoms with Gasteiger partial charge in [0.15, 0.2) is 0 Å². The lowest BCUT2D eigenvalue weighted by Gasteiger charge is -2.24. The number of rotatable bonds is 4. The van der Waals surface area contributed by atoms with E-state index in [-0.39, 0.29) is 5.91 Å². The lowest BCUT2D eigenvalue weighted by Crippen LogP contribution is -2.52. The topological polar surface area (TPSA) is 108 Å². The average Bonchev–Trinajstić information content (AvgIpc) is 2.82. The van der Waals surface area contributed by atoms with E-state index in [2.05, 4.69) is 16.0 Å². The molecule has 2 heterocycles. The van der Waals surface area contributed by atoms with Crippen molar-refractivity contribution in [1.29, 1.82) is 0 Å². The van der Waals surface area contributed by atoms with E-state index in [0.717, 1.165) is 11.3 Å². The average molecular weight is 362 g/mol. The van der Waals surface area contributed by atoms with Gasteiger partial charge in [-0.1, -0.05) is 12.1 Å². The molecule has 0 bridgehead atoms. The first-order valence-corrected chi connectivity index (χ1v) is 8.28. The zero-order chi connectivity index (χ0) is 18.9. The number of carbonyl (C=O) groups is 4. The maximum absolute atomic E-state index is 13.1. The lowest BCUT2D eigenvalue weighted by molar-refractivity contribution is -0.135. The summed E-state index contributed by atoms with van der Waals surface area (Å²) in [6.07, 6.45) is 1.24. The van der Waals surface area contributed by atoms with Crippen molar-refractivity contribution in [2.24, 2.45) is 0 Å². The van der Waals surface area contributed by atoms with Crippen LogP contribution in [-0.4, -0.2) is 47.8 Å². The third kappa shape index (κ3) is 3.24. The van der Waals surface area contributed by atoms with Gasteiger partial charge in [0.1, 0.15) is 23.9 Å². The highest BCUT2D eigenvalue weighted by Gasteiger charge is 2.49. The standard InChI is InChI=1S/C17H19FN4O4/c1-17(10-4-6-11(18)7-5-10)15(25)22(16(26)21-17)9-13(23)20-12-3-2-8-19-14(12)24/h4-7,12H,2-3,8-9H2,1H3,(H,19,24)(H,20,23)(H,21,26). The number of hydrogen-bond acceptors (Lipinski definition) is 4. The van der Waals surface area contributed by atoms with Crippen molar-refractivity contribution < 1.29 is 23.6 Å². The molecule has 9 heteroatoms. The Morgan fingerprint density at radius 1 is 1.31 bits per heavy atom. The van der Waals surface area contributed by atoms with E-state index >= 15 is 0 Å². The van der Waals surface area contributed by atoms with Crippen LogP contribution in [0, 0.1) is 5.82 Å². The van der Waals surface area contributed by atoms with Crippen LogP contribution in [0.15, 0.2) is 24.3 Å². The Morgan fingerprint density at radius 3 is 2.65 bits per heavy atom. The molecule has 3 N–H and O–H groups in total. The monoisotopic (exact) mass is 362 g/mol. The number of piperidine rings is 1. The first-order valence-electron chi connectivity index (χ1n) is 8.28. The number of halogens is 1. The maximum Gasteiger partial charge on any atom is 0.325 e. The Labute approximate surface area is 149 Å². The molecule has 2 fully saturated rings. The number of hydrogen-bond donors (Lipinski definition) is 3. The quantitative estimate of drug-likeness (QED) is 0.655. The summed E-state index contributed by atoms with van der Waals surface area (Å²) in [6, 6.07) is 3.81. The molecule has 26 heavy (non-hydrogen) atoms. The number of nitrogens with zero attached hydrogens (tertiary/aromatic N) is 1. The minimum atomic E-state index is -1.38. The van der Waals surface area contributed by atoms with Crippen LogP contribution in [0.25, 0.3) is 0 Å². The number of nitrogens with one attached hydrogen (secondary N) is 3. The second-order valence-electron chi connectivity index (χ2n) is 6.51. The molecule has 2 saturated heterocycles. The van der Waals surface area contributed by atoms with E-state index < -0.39 is 41.8 Å². The summed E-state index contributed by atoms with van der Waals surface area (Å²) < 4.78 is 13.1. The Bertz CT molecular complexity index is 767. The van der Waals surface area contributed by atoms with E-state index in [0.29, 0.717) is 18.5 Å². The molecule has 2 atom stereocenters. The molecule has 1 aromatic carbocycles. The summed E-state index contributed by atoms with van der Waals surface area (Å²) in [5.74, 6) is -1.95. The summed E-state index contributed by atoms with van der Waals surface area (Å²) in [4.78, 5) is 49.6. The normalized spacial score (nSPS) is 25.7. The summed E-state index contributed by atoms with van der Waals surface area (Å²) in [5, 5.41) is 7.72. The maximum atomic E-state index is 13.1. The van der Waals surface area contributed by atoms with Crippen molar-refractivity contribution in [3.05, 3.63) is 35.6 Å². The molecule has 3 rings (SSSR count). The van der Waals surface area contributed by atoms with Crippen LogP contribution in [-0.2, 0) is 19.9 Å². The SMILES string of the molecule is CC1(c2ccc(F)cc2)NC(=O)N(CC(=O)NC2CCCNC2=O)C1=O. The first kappa shape index (κ1) is 17.8. The molecule has 0 aromatic heterocycles. The molecular formula is C17H19FN4O4. The Hall–Kier alpha value is -2.97. The van der Waals surface area contributed by atoms with Crippen LogP contribution in [0.2, 0.25) is 0 Å². The van der Waals surface area contributed by atoms with Crippen molar-refractivity contribution in [2.45, 2.75) is 31.3 Å². The molecule has 1 aromatic rings. The van der Waals surface area contributed by atoms with Gasteiger partial charge in [-0.15, -0.1) is 0 Å². The van der Waals surface area contributed by atoms with E-state index in [1.165, 1.54) is 31.2 Å². The predicted octanol–water partition coefficient (Wildman–Crippen LogP) is -0.0125. The molecule has 0 saturated carbocycles. The summed E-state index contributed by atoms with van der Waals surface area (Å²) in [5.41, 5.74) is -0.973. The number of carbonyl (C=O) groups excluding carboxylic acids is 4. The smallest absolute Gasteiger partial charge is 0.325 e. The van der Waals surface area contributed by atoms with Gasteiger partial charge in [0, 0.05) is 6.54 Å². The zero-order valence-corrected chi connectivity index (χ0v) is 14.2. The zero-order valence-electron chi connectivity index (χ0n) is 14.2. The predicted molar refractivity (Wildman–Crippen MR) is 88.2 cm³/mol. The van der Waals surface area contributed by atoms with Gasteiger partial charge in [-0.2, -0.15) is 0 Å². The molecule has 2 unspecified atom stereocenters. The fourth-order valence-electron chi connectivity index (χ4n) is 3.11. The van der Waals surface area contributed by atoms with Crippen LogP contribution >= 0.6 is 0 Å². The fourth-order valence-corrected chi connectivity index (χ4v) is 3.11. The van der Waals surface area contributed by atoms with Crippen LogP contribution in [0.4, 0.5) is 9.18 Å². The van der Waals surface area contributed by atoms with Crippen LogP contribution in [0.3, 0.4) is 0 Å². The molecule has 0 aliphatic carbocycles. The van der Waals surface area contributed by atoms with Crippen molar-refractivity contribution in [1.82, 2.24) is 20.9 Å². The van der Waals surface area contributed by atoms with Crippen LogP contribution in [0.1, 0.15) is 25.3 Å². The van der Waals surface area contributed by atoms with Gasteiger partial charge >= 0.3 is 6.03 Å². The number of imide groups is 1. The molecule has 5 amide bonds. The highest BCUT2D eigenvalue weighted by Crippen LogP contribution is 2.28. The number of amides is 5. The second kappa shape index (κ2) is 6.74. The van der Waals surface area contributed by atoms with Gasteiger partial charge in [0.25, 0.3) is 5.91 Å². The summed E-state index contributed by atoms with van der Waals surface area (Å²) >= 11 is 0. The summed E-state index contributed by atoms with van der Waals surface area (Å²) in [6.45, 7) is 1.56.